The summed E-state index contributed by atoms with van der Waals surface area (Å²) in [6.07, 6.45) is 8.78. The lowest BCUT2D eigenvalue weighted by Gasteiger charge is -2.24. The van der Waals surface area contributed by atoms with Crippen LogP contribution in [0.2, 0.25) is 0 Å². The summed E-state index contributed by atoms with van der Waals surface area (Å²) in [6.45, 7) is 7.98. The van der Waals surface area contributed by atoms with E-state index < -0.39 is 5.41 Å². The average molecular weight is 357 g/mol. The third-order valence-corrected chi connectivity index (χ3v) is 5.23. The van der Waals surface area contributed by atoms with Crippen molar-refractivity contribution in [3.05, 3.63) is 41.0 Å². The van der Waals surface area contributed by atoms with E-state index in [1.807, 2.05) is 25.1 Å². The van der Waals surface area contributed by atoms with Gasteiger partial charge in [0.15, 0.2) is 0 Å². The van der Waals surface area contributed by atoms with Crippen molar-refractivity contribution >= 4 is 17.5 Å². The number of carbonyl (C=O) groups is 2. The van der Waals surface area contributed by atoms with Crippen molar-refractivity contribution in [2.45, 2.75) is 66.2 Å². The highest BCUT2D eigenvalue weighted by atomic mass is 16.2. The molecule has 0 saturated heterocycles. The van der Waals surface area contributed by atoms with Crippen LogP contribution in [-0.4, -0.2) is 18.4 Å². The maximum absolute atomic E-state index is 12.8. The number of rotatable bonds is 7. The van der Waals surface area contributed by atoms with Crippen molar-refractivity contribution in [2.24, 2.45) is 5.41 Å². The zero-order chi connectivity index (χ0) is 19.2. The van der Waals surface area contributed by atoms with E-state index in [1.54, 1.807) is 13.8 Å². The highest BCUT2D eigenvalue weighted by Crippen LogP contribution is 2.25. The average Bonchev–Trinajstić information content (AvgIpc) is 2.63. The second-order valence-corrected chi connectivity index (χ2v) is 7.66. The number of benzene rings is 1. The molecule has 1 aliphatic rings. The summed E-state index contributed by atoms with van der Waals surface area (Å²) in [7, 11) is 0. The number of hydrogen-bond acceptors (Lipinski definition) is 2. The van der Waals surface area contributed by atoms with Gasteiger partial charge in [0.25, 0.3) is 0 Å². The molecule has 0 fully saturated rings. The quantitative estimate of drug-likeness (QED) is 0.557. The zero-order valence-electron chi connectivity index (χ0n) is 16.6. The lowest BCUT2D eigenvalue weighted by molar-refractivity contribution is -0.138. The summed E-state index contributed by atoms with van der Waals surface area (Å²) < 4.78 is 0. The van der Waals surface area contributed by atoms with Gasteiger partial charge in [0.1, 0.15) is 5.41 Å². The first-order valence-electron chi connectivity index (χ1n) is 9.72. The lowest BCUT2D eigenvalue weighted by atomic mass is 9.90. The minimum atomic E-state index is -1.12. The van der Waals surface area contributed by atoms with E-state index in [2.05, 4.69) is 23.6 Å². The third kappa shape index (κ3) is 4.96. The Morgan fingerprint density at radius 2 is 1.92 bits per heavy atom. The van der Waals surface area contributed by atoms with Crippen LogP contribution in [0.5, 0.6) is 0 Å². The molecular weight excluding hydrogens is 324 g/mol. The number of para-hydroxylation sites is 1. The van der Waals surface area contributed by atoms with E-state index in [4.69, 9.17) is 0 Å². The number of carbonyl (C=O) groups excluding carboxylic acids is 2. The number of nitrogens with one attached hydrogen (secondary N) is 2. The summed E-state index contributed by atoms with van der Waals surface area (Å²) in [6, 6.07) is 5.97. The van der Waals surface area contributed by atoms with Gasteiger partial charge in [-0.2, -0.15) is 0 Å². The molecule has 2 N–H and O–H groups in total. The second-order valence-electron chi connectivity index (χ2n) is 7.66. The van der Waals surface area contributed by atoms with Crippen LogP contribution in [0.4, 0.5) is 5.69 Å². The van der Waals surface area contributed by atoms with Crippen LogP contribution in [0.15, 0.2) is 29.8 Å². The van der Waals surface area contributed by atoms with Gasteiger partial charge in [-0.25, -0.2) is 0 Å². The maximum atomic E-state index is 12.8. The topological polar surface area (TPSA) is 58.2 Å². The molecule has 0 aliphatic heterocycles. The molecule has 142 valence electrons. The molecule has 4 nitrogen and oxygen atoms in total. The number of aryl methyl sites for hydroxylation is 2. The number of allylic oxidation sites excluding steroid dienone is 1. The molecule has 0 heterocycles. The molecule has 0 bridgehead atoms. The Bertz CT molecular complexity index is 689. The predicted molar refractivity (Wildman–Crippen MR) is 107 cm³/mol. The highest BCUT2D eigenvalue weighted by molar-refractivity contribution is 6.10. The van der Waals surface area contributed by atoms with Gasteiger partial charge in [-0.3, -0.25) is 9.59 Å². The van der Waals surface area contributed by atoms with Crippen molar-refractivity contribution in [3.63, 3.8) is 0 Å². The molecule has 0 aromatic heterocycles. The molecule has 4 heteroatoms. The van der Waals surface area contributed by atoms with Crippen molar-refractivity contribution in [1.29, 1.82) is 0 Å². The molecular formula is C22H32N2O2. The maximum Gasteiger partial charge on any atom is 0.239 e. The molecule has 0 radical (unpaired) electrons. The van der Waals surface area contributed by atoms with Crippen LogP contribution >= 0.6 is 0 Å². The molecule has 0 unspecified atom stereocenters. The summed E-state index contributed by atoms with van der Waals surface area (Å²) in [5.74, 6) is -0.492. The number of hydrogen-bond donors (Lipinski definition) is 2. The Morgan fingerprint density at radius 1 is 1.15 bits per heavy atom. The van der Waals surface area contributed by atoms with E-state index in [-0.39, 0.29) is 11.8 Å². The van der Waals surface area contributed by atoms with Gasteiger partial charge in [-0.05, 0) is 70.4 Å². The van der Waals surface area contributed by atoms with Crippen LogP contribution in [0.3, 0.4) is 0 Å². The molecule has 1 aromatic carbocycles. The van der Waals surface area contributed by atoms with Crippen LogP contribution in [0.1, 0.15) is 64.0 Å². The Labute approximate surface area is 157 Å². The SMILES string of the molecule is CCc1cccc(C)c1NC(=O)C(C)(C)C(=O)NCCC1=CCCCC1. The Hall–Kier alpha value is -2.10. The molecule has 0 spiro atoms. The summed E-state index contributed by atoms with van der Waals surface area (Å²) >= 11 is 0. The lowest BCUT2D eigenvalue weighted by Crippen LogP contribution is -2.45. The Morgan fingerprint density at radius 3 is 2.58 bits per heavy atom. The van der Waals surface area contributed by atoms with Gasteiger partial charge in [0.2, 0.25) is 11.8 Å². The number of anilines is 1. The van der Waals surface area contributed by atoms with Crippen molar-refractivity contribution in [3.8, 4) is 0 Å². The monoisotopic (exact) mass is 356 g/mol. The van der Waals surface area contributed by atoms with Crippen molar-refractivity contribution < 1.29 is 9.59 Å². The van der Waals surface area contributed by atoms with E-state index in [0.29, 0.717) is 6.54 Å². The van der Waals surface area contributed by atoms with Crippen LogP contribution < -0.4 is 10.6 Å². The highest BCUT2D eigenvalue weighted by Gasteiger charge is 2.36. The van der Waals surface area contributed by atoms with Gasteiger partial charge in [0, 0.05) is 12.2 Å². The molecule has 0 saturated carbocycles. The van der Waals surface area contributed by atoms with Crippen LogP contribution in [0, 0.1) is 12.3 Å². The molecule has 1 aromatic rings. The molecule has 2 rings (SSSR count). The fourth-order valence-electron chi connectivity index (χ4n) is 3.26. The normalized spacial score (nSPS) is 14.5. The minimum Gasteiger partial charge on any atom is -0.355 e. The molecule has 0 atom stereocenters. The third-order valence-electron chi connectivity index (χ3n) is 5.23. The summed E-state index contributed by atoms with van der Waals surface area (Å²) in [4.78, 5) is 25.4. The first kappa shape index (κ1) is 20.2. The zero-order valence-corrected chi connectivity index (χ0v) is 16.6. The van der Waals surface area contributed by atoms with Crippen LogP contribution in [-0.2, 0) is 16.0 Å². The van der Waals surface area contributed by atoms with Gasteiger partial charge in [-0.15, -0.1) is 0 Å². The summed E-state index contributed by atoms with van der Waals surface area (Å²) in [5, 5.41) is 5.92. The first-order valence-corrected chi connectivity index (χ1v) is 9.72. The minimum absolute atomic E-state index is 0.224. The fraction of sp³-hybridized carbons (Fsp3) is 0.545. The predicted octanol–water partition coefficient (Wildman–Crippen LogP) is 4.53. The van der Waals surface area contributed by atoms with Crippen molar-refractivity contribution in [1.82, 2.24) is 5.32 Å². The van der Waals surface area contributed by atoms with Crippen molar-refractivity contribution in [2.75, 3.05) is 11.9 Å². The molecule has 1 aliphatic carbocycles. The standard InChI is InChI=1S/C22H32N2O2/c1-5-18-13-9-10-16(2)19(18)24-21(26)22(3,4)20(25)23-15-14-17-11-7-6-8-12-17/h9-11,13H,5-8,12,14-15H2,1-4H3,(H,23,25)(H,24,26). The van der Waals surface area contributed by atoms with Gasteiger partial charge in [-0.1, -0.05) is 36.8 Å². The Balaban J connectivity index is 1.96. The smallest absolute Gasteiger partial charge is 0.239 e. The van der Waals surface area contributed by atoms with E-state index >= 15 is 0 Å². The largest absolute Gasteiger partial charge is 0.355 e. The van der Waals surface area contributed by atoms with Gasteiger partial charge in [0.05, 0.1) is 0 Å². The van der Waals surface area contributed by atoms with E-state index in [1.165, 1.54) is 18.4 Å². The molecule has 2 amide bonds. The fourth-order valence-corrected chi connectivity index (χ4v) is 3.26. The number of amides is 2. The summed E-state index contributed by atoms with van der Waals surface area (Å²) in [5.41, 5.74) is 3.23. The van der Waals surface area contributed by atoms with E-state index in [9.17, 15) is 9.59 Å². The molecule has 26 heavy (non-hydrogen) atoms. The second kappa shape index (κ2) is 9.02. The first-order chi connectivity index (χ1) is 12.4. The van der Waals surface area contributed by atoms with E-state index in [0.717, 1.165) is 42.5 Å². The van der Waals surface area contributed by atoms with Crippen LogP contribution in [0.25, 0.3) is 0 Å². The Kier molecular flexibility index (Phi) is 7.01. The van der Waals surface area contributed by atoms with Gasteiger partial charge >= 0.3 is 0 Å². The van der Waals surface area contributed by atoms with Gasteiger partial charge < -0.3 is 10.6 Å².